The van der Waals surface area contributed by atoms with Gasteiger partial charge in [-0.1, -0.05) is 64.1 Å². The van der Waals surface area contributed by atoms with Crippen molar-refractivity contribution in [2.75, 3.05) is 54.9 Å². The minimum atomic E-state index is -1.32. The Kier molecular flexibility index (Phi) is 20.5. The van der Waals surface area contributed by atoms with Crippen molar-refractivity contribution in [1.29, 1.82) is 0 Å². The maximum atomic E-state index is 14.3. The summed E-state index contributed by atoms with van der Waals surface area (Å²) in [4.78, 5) is 79.2. The molecule has 70 heavy (non-hydrogen) atoms. The van der Waals surface area contributed by atoms with Crippen LogP contribution >= 0.6 is 0 Å². The van der Waals surface area contributed by atoms with Crippen LogP contribution in [0.2, 0.25) is 0 Å². The van der Waals surface area contributed by atoms with Crippen molar-refractivity contribution in [3.63, 3.8) is 0 Å². The first kappa shape index (κ1) is 53.8. The van der Waals surface area contributed by atoms with Crippen molar-refractivity contribution >= 4 is 35.7 Å². The number of hydrogen-bond donors (Lipinski definition) is 2. The minimum Gasteiger partial charge on any atom is -0.493 e. The maximum absolute atomic E-state index is 14.3. The highest BCUT2D eigenvalue weighted by atomic mass is 16.5. The summed E-state index contributed by atoms with van der Waals surface area (Å²) in [6.07, 6.45) is 2.87. The summed E-state index contributed by atoms with van der Waals surface area (Å²) in [6, 6.07) is 15.9. The van der Waals surface area contributed by atoms with Gasteiger partial charge in [0.15, 0.2) is 0 Å². The second kappa shape index (κ2) is 26.6. The van der Waals surface area contributed by atoms with E-state index in [2.05, 4.69) is 10.6 Å². The van der Waals surface area contributed by atoms with Crippen LogP contribution < -0.4 is 29.6 Å². The molecule has 1 aliphatic rings. The number of para-hydroxylation sites is 2. The van der Waals surface area contributed by atoms with E-state index in [0.29, 0.717) is 97.4 Å². The van der Waals surface area contributed by atoms with Gasteiger partial charge in [0.1, 0.15) is 35.1 Å². The van der Waals surface area contributed by atoms with Crippen LogP contribution in [-0.2, 0) is 63.8 Å². The summed E-state index contributed by atoms with van der Waals surface area (Å²) in [5.74, 6) is -1.90. The predicted molar refractivity (Wildman–Crippen MR) is 260 cm³/mol. The first-order valence-corrected chi connectivity index (χ1v) is 23.8. The van der Waals surface area contributed by atoms with Crippen LogP contribution in [0.5, 0.6) is 23.0 Å². The van der Waals surface area contributed by atoms with Gasteiger partial charge < -0.3 is 48.5 Å². The van der Waals surface area contributed by atoms with E-state index in [-0.39, 0.29) is 36.8 Å². The lowest BCUT2D eigenvalue weighted by molar-refractivity contribution is -0.149. The van der Waals surface area contributed by atoms with Gasteiger partial charge >= 0.3 is 23.9 Å². The van der Waals surface area contributed by atoms with E-state index in [1.165, 1.54) is 28.4 Å². The van der Waals surface area contributed by atoms with Crippen molar-refractivity contribution in [1.82, 2.24) is 10.6 Å². The van der Waals surface area contributed by atoms with E-state index >= 15 is 0 Å². The van der Waals surface area contributed by atoms with Gasteiger partial charge in [0.25, 0.3) is 11.8 Å². The fourth-order valence-corrected chi connectivity index (χ4v) is 8.16. The molecule has 2 N–H and O–H groups in total. The smallest absolute Gasteiger partial charge is 0.328 e. The highest BCUT2D eigenvalue weighted by Crippen LogP contribution is 2.40. The molecule has 1 aliphatic carbocycles. The molecule has 0 fully saturated rings. The van der Waals surface area contributed by atoms with E-state index in [4.69, 9.17) is 37.9 Å². The minimum absolute atomic E-state index is 0.215. The third-order valence-electron chi connectivity index (χ3n) is 11.5. The molecule has 8 bridgehead atoms. The molecule has 0 saturated heterocycles. The largest absolute Gasteiger partial charge is 0.493 e. The van der Waals surface area contributed by atoms with Crippen LogP contribution in [0.25, 0.3) is 0 Å². The van der Waals surface area contributed by atoms with Gasteiger partial charge in [-0.3, -0.25) is 19.2 Å². The fourth-order valence-electron chi connectivity index (χ4n) is 8.16. The van der Waals surface area contributed by atoms with Gasteiger partial charge in [0.05, 0.1) is 67.7 Å². The molecule has 5 rings (SSSR count). The summed E-state index contributed by atoms with van der Waals surface area (Å²) < 4.78 is 46.0. The number of esters is 4. The fraction of sp³-hybridized carbons (Fsp3) is 0.444. The number of rotatable bonds is 22. The van der Waals surface area contributed by atoms with Crippen LogP contribution in [0.1, 0.15) is 131 Å². The second-order valence-corrected chi connectivity index (χ2v) is 16.8. The average molecular weight is 967 g/mol. The first-order valence-electron chi connectivity index (χ1n) is 23.8. The molecule has 2 atom stereocenters. The van der Waals surface area contributed by atoms with Crippen LogP contribution in [0, 0.1) is 0 Å². The number of benzene rings is 4. The van der Waals surface area contributed by atoms with E-state index in [1.807, 2.05) is 64.1 Å². The molecule has 0 aromatic heterocycles. The Labute approximate surface area is 410 Å². The number of methoxy groups -OCH3 is 4. The van der Waals surface area contributed by atoms with E-state index in [1.54, 1.807) is 24.3 Å². The Morgan fingerprint density at radius 2 is 0.700 bits per heavy atom. The molecule has 2 amide bonds. The maximum Gasteiger partial charge on any atom is 0.328 e. The summed E-state index contributed by atoms with van der Waals surface area (Å²) in [5, 5.41) is 5.40. The normalized spacial score (nSPS) is 12.6. The number of ether oxygens (including phenoxy) is 8. The molecule has 16 nitrogen and oxygen atoms in total. The van der Waals surface area contributed by atoms with Crippen molar-refractivity contribution < 1.29 is 66.7 Å². The number of hydrogen-bond acceptors (Lipinski definition) is 14. The van der Waals surface area contributed by atoms with E-state index in [9.17, 15) is 28.8 Å². The summed E-state index contributed by atoms with van der Waals surface area (Å²) >= 11 is 0. The zero-order valence-corrected chi connectivity index (χ0v) is 41.5. The van der Waals surface area contributed by atoms with Gasteiger partial charge in [0.2, 0.25) is 0 Å². The standard InChI is InChI=1S/C54H66N2O14/c1-9-19-67-47-33-15-13-16-34(47)24-38-28-42(52(60)56-44(54(62)66-8)32-46(58)64-6)30-40(50(38)70-22-12-4)26-36-18-14-17-35(48(36)68-20-10-2)25-39-29-41(27-37(23-33)49(39)69-21-11-3)51(59)55-43(53(61)65-7)31-45(57)63-5/h13-18,27-30,43-44H,9-12,19-26,31-32H2,1-8H3,(H,55,59)(H,56,60). The number of nitrogens with one attached hydrogen (secondary N) is 2. The Morgan fingerprint density at radius 1 is 0.429 bits per heavy atom. The van der Waals surface area contributed by atoms with Crippen molar-refractivity contribution in [3.05, 3.63) is 116 Å². The van der Waals surface area contributed by atoms with Crippen molar-refractivity contribution in [3.8, 4) is 23.0 Å². The third-order valence-corrected chi connectivity index (χ3v) is 11.5. The summed E-state index contributed by atoms with van der Waals surface area (Å²) in [7, 11) is 4.74. The molecule has 0 aliphatic heterocycles. The number of amides is 2. The zero-order chi connectivity index (χ0) is 50.7. The van der Waals surface area contributed by atoms with Gasteiger partial charge in [-0.2, -0.15) is 0 Å². The first-order chi connectivity index (χ1) is 33.8. The average Bonchev–Trinajstić information content (AvgIpc) is 3.36. The van der Waals surface area contributed by atoms with Gasteiger partial charge in [-0.05, 0) is 94.5 Å². The number of carbonyl (C=O) groups excluding carboxylic acids is 6. The second-order valence-electron chi connectivity index (χ2n) is 16.8. The predicted octanol–water partition coefficient (Wildman–Crippen LogP) is 7.19. The SMILES string of the molecule is CCCOc1c2cccc1Cc1cc(C(=O)NC(CC(=O)OC)C(=O)OC)cc(c1OCCC)Cc1cccc(c1OCCC)Cc1cc(C(=O)NC(CC(=O)OC)C(=O)OC)cc(c1OCCC)C2. The Morgan fingerprint density at radius 3 is 0.943 bits per heavy atom. The monoisotopic (exact) mass is 966 g/mol. The highest BCUT2D eigenvalue weighted by Gasteiger charge is 2.30. The third kappa shape index (κ3) is 14.0. The molecular weight excluding hydrogens is 901 g/mol. The lowest BCUT2D eigenvalue weighted by Crippen LogP contribution is -2.43. The van der Waals surface area contributed by atoms with E-state index < -0.39 is 60.6 Å². The highest BCUT2D eigenvalue weighted by molar-refractivity contribution is 5.99. The molecule has 4 aromatic rings. The lowest BCUT2D eigenvalue weighted by atomic mass is 9.89. The molecule has 0 saturated carbocycles. The van der Waals surface area contributed by atoms with Crippen LogP contribution in [0.4, 0.5) is 0 Å². The van der Waals surface area contributed by atoms with Crippen molar-refractivity contribution in [2.24, 2.45) is 0 Å². The Hall–Kier alpha value is -7.10. The summed E-state index contributed by atoms with van der Waals surface area (Å²) in [6.45, 7) is 9.55. The van der Waals surface area contributed by atoms with E-state index in [0.717, 1.165) is 22.3 Å². The number of fused-ring (bicyclic) bond motifs is 8. The van der Waals surface area contributed by atoms with Gasteiger partial charge in [-0.25, -0.2) is 9.59 Å². The van der Waals surface area contributed by atoms with Gasteiger partial charge in [-0.15, -0.1) is 0 Å². The number of carbonyl (C=O) groups is 6. The molecule has 0 heterocycles. The van der Waals surface area contributed by atoms with Crippen LogP contribution in [-0.4, -0.2) is 103 Å². The van der Waals surface area contributed by atoms with Crippen LogP contribution in [0.3, 0.4) is 0 Å². The van der Waals surface area contributed by atoms with Crippen LogP contribution in [0.15, 0.2) is 60.7 Å². The lowest BCUT2D eigenvalue weighted by Gasteiger charge is -2.24. The van der Waals surface area contributed by atoms with Crippen molar-refractivity contribution in [2.45, 2.75) is 104 Å². The molecule has 0 spiro atoms. The molecule has 0 radical (unpaired) electrons. The molecule has 2 unspecified atom stereocenters. The quantitative estimate of drug-likeness (QED) is 0.0522. The molecular formula is C54H66N2O14. The molecule has 4 aromatic carbocycles. The zero-order valence-electron chi connectivity index (χ0n) is 41.5. The molecule has 16 heteroatoms. The molecule has 376 valence electrons. The Balaban J connectivity index is 1.82. The Bertz CT molecular complexity index is 2240. The summed E-state index contributed by atoms with van der Waals surface area (Å²) in [5.41, 5.74) is 6.21. The van der Waals surface area contributed by atoms with Gasteiger partial charge in [0, 0.05) is 36.8 Å². The topological polar surface area (TPSA) is 200 Å².